The van der Waals surface area contributed by atoms with Crippen molar-refractivity contribution < 1.29 is 24.4 Å². The highest BCUT2D eigenvalue weighted by Crippen LogP contribution is 2.18. The number of nitro groups is 1. The fraction of sp³-hybridized carbons (Fsp3) is 0.467. The lowest BCUT2D eigenvalue weighted by Crippen LogP contribution is -2.45. The van der Waals surface area contributed by atoms with Gasteiger partial charge in [0.2, 0.25) is 0 Å². The number of carboxylic acids is 1. The van der Waals surface area contributed by atoms with E-state index in [1.165, 1.54) is 24.3 Å². The summed E-state index contributed by atoms with van der Waals surface area (Å²) in [6, 6.07) is 4.54. The van der Waals surface area contributed by atoms with Gasteiger partial charge in [-0.05, 0) is 32.8 Å². The van der Waals surface area contributed by atoms with Gasteiger partial charge >= 0.3 is 11.9 Å². The number of esters is 1. The first kappa shape index (κ1) is 18.6. The average Bonchev–Trinajstić information content (AvgIpc) is 2.36. The molecule has 1 rings (SSSR count). The minimum atomic E-state index is -1.51. The molecule has 8 heteroatoms. The van der Waals surface area contributed by atoms with E-state index in [4.69, 9.17) is 10.5 Å². The molecule has 0 aliphatic carbocycles. The molecule has 0 aromatic heterocycles. The molecule has 0 saturated heterocycles. The molecular weight excluding hydrogens is 304 g/mol. The molecule has 1 aromatic rings. The largest absolute Gasteiger partial charge is 0.481 e. The minimum Gasteiger partial charge on any atom is -0.481 e. The lowest BCUT2D eigenvalue weighted by Gasteiger charge is -2.25. The van der Waals surface area contributed by atoms with Crippen LogP contribution in [0.1, 0.15) is 26.3 Å². The molecule has 23 heavy (non-hydrogen) atoms. The quantitative estimate of drug-likeness (QED) is 0.350. The summed E-state index contributed by atoms with van der Waals surface area (Å²) in [5.41, 5.74) is 5.55. The minimum absolute atomic E-state index is 0.0776. The second-order valence-corrected chi connectivity index (χ2v) is 6.14. The number of carboxylic acid groups (broad SMARTS) is 1. The Morgan fingerprint density at radius 2 is 1.83 bits per heavy atom. The smallest absolute Gasteiger partial charge is 0.322 e. The van der Waals surface area contributed by atoms with Crippen molar-refractivity contribution in [3.05, 3.63) is 39.9 Å². The zero-order chi connectivity index (χ0) is 17.8. The standard InChI is InChI=1S/C15H20N2O6/c1-15(2,3)23-14(20)12(13(18)19)11(16)8-9-4-6-10(7-5-9)17(21)22/h4-7,11-12H,8,16H2,1-3H3,(H,18,19). The number of hydrogen-bond donors (Lipinski definition) is 2. The molecule has 1 aromatic carbocycles. The van der Waals surface area contributed by atoms with Crippen LogP contribution in [0.4, 0.5) is 5.69 Å². The molecule has 0 heterocycles. The second kappa shape index (κ2) is 7.19. The van der Waals surface area contributed by atoms with Gasteiger partial charge in [0.05, 0.1) is 4.92 Å². The van der Waals surface area contributed by atoms with E-state index in [1.807, 2.05) is 0 Å². The summed E-state index contributed by atoms with van der Waals surface area (Å²) < 4.78 is 5.08. The number of nitro benzene ring substituents is 1. The van der Waals surface area contributed by atoms with E-state index in [2.05, 4.69) is 0 Å². The van der Waals surface area contributed by atoms with Gasteiger partial charge in [-0.3, -0.25) is 19.7 Å². The number of aliphatic carboxylic acids is 1. The summed E-state index contributed by atoms with van der Waals surface area (Å²) in [6.45, 7) is 4.89. The van der Waals surface area contributed by atoms with Gasteiger partial charge in [0, 0.05) is 18.2 Å². The van der Waals surface area contributed by atoms with Crippen LogP contribution in [0.25, 0.3) is 0 Å². The molecule has 0 radical (unpaired) electrons. The molecule has 0 aliphatic heterocycles. The number of nitrogens with zero attached hydrogens (tertiary/aromatic N) is 1. The van der Waals surface area contributed by atoms with Crippen molar-refractivity contribution in [2.24, 2.45) is 11.7 Å². The molecule has 0 spiro atoms. The number of carbonyl (C=O) groups is 2. The van der Waals surface area contributed by atoms with Crippen molar-refractivity contribution >= 4 is 17.6 Å². The van der Waals surface area contributed by atoms with Crippen LogP contribution in [-0.4, -0.2) is 33.6 Å². The molecule has 126 valence electrons. The lowest BCUT2D eigenvalue weighted by molar-refractivity contribution is -0.384. The second-order valence-electron chi connectivity index (χ2n) is 6.14. The molecule has 0 aliphatic rings. The van der Waals surface area contributed by atoms with Crippen LogP contribution in [0.2, 0.25) is 0 Å². The number of non-ortho nitro benzene ring substituents is 1. The lowest BCUT2D eigenvalue weighted by atomic mass is 9.94. The van der Waals surface area contributed by atoms with E-state index in [0.29, 0.717) is 5.56 Å². The molecule has 0 bridgehead atoms. The zero-order valence-electron chi connectivity index (χ0n) is 13.2. The third-order valence-corrected chi connectivity index (χ3v) is 2.97. The van der Waals surface area contributed by atoms with Crippen LogP contribution in [0.15, 0.2) is 24.3 Å². The molecule has 3 N–H and O–H groups in total. The summed E-state index contributed by atoms with van der Waals surface area (Å²) in [4.78, 5) is 33.4. The van der Waals surface area contributed by atoms with Crippen LogP contribution in [0.5, 0.6) is 0 Å². The van der Waals surface area contributed by atoms with Crippen molar-refractivity contribution in [3.8, 4) is 0 Å². The first-order chi connectivity index (χ1) is 10.5. The summed E-state index contributed by atoms with van der Waals surface area (Å²) in [5.74, 6) is -3.78. The van der Waals surface area contributed by atoms with Crippen molar-refractivity contribution in [2.75, 3.05) is 0 Å². The number of hydrogen-bond acceptors (Lipinski definition) is 6. The van der Waals surface area contributed by atoms with Crippen LogP contribution >= 0.6 is 0 Å². The van der Waals surface area contributed by atoms with Crippen molar-refractivity contribution in [3.63, 3.8) is 0 Å². The van der Waals surface area contributed by atoms with E-state index in [0.717, 1.165) is 0 Å². The third-order valence-electron chi connectivity index (χ3n) is 2.97. The van der Waals surface area contributed by atoms with Gasteiger partial charge in [-0.2, -0.15) is 0 Å². The maximum absolute atomic E-state index is 12.0. The van der Waals surface area contributed by atoms with E-state index in [9.17, 15) is 24.8 Å². The number of rotatable bonds is 6. The van der Waals surface area contributed by atoms with Gasteiger partial charge in [0.25, 0.3) is 5.69 Å². The highest BCUT2D eigenvalue weighted by Gasteiger charge is 2.36. The van der Waals surface area contributed by atoms with Gasteiger partial charge in [-0.1, -0.05) is 12.1 Å². The Morgan fingerprint density at radius 3 is 2.22 bits per heavy atom. The van der Waals surface area contributed by atoms with Gasteiger partial charge in [-0.25, -0.2) is 0 Å². The van der Waals surface area contributed by atoms with Crippen molar-refractivity contribution in [1.29, 1.82) is 0 Å². The first-order valence-corrected chi connectivity index (χ1v) is 6.96. The predicted molar refractivity (Wildman–Crippen MR) is 81.7 cm³/mol. The van der Waals surface area contributed by atoms with Crippen molar-refractivity contribution in [2.45, 2.75) is 38.8 Å². The SMILES string of the molecule is CC(C)(C)OC(=O)C(C(=O)O)C(N)Cc1ccc([N+](=O)[O-])cc1. The normalized spacial score (nSPS) is 13.9. The molecule has 8 nitrogen and oxygen atoms in total. The Morgan fingerprint density at radius 1 is 1.30 bits per heavy atom. The number of ether oxygens (including phenoxy) is 1. The monoisotopic (exact) mass is 324 g/mol. The fourth-order valence-corrected chi connectivity index (χ4v) is 1.97. The van der Waals surface area contributed by atoms with Gasteiger partial charge in [0.1, 0.15) is 5.60 Å². The molecular formula is C15H20N2O6. The molecule has 2 unspecified atom stereocenters. The van der Waals surface area contributed by atoms with E-state index >= 15 is 0 Å². The molecule has 0 saturated carbocycles. The summed E-state index contributed by atoms with van der Waals surface area (Å²) in [5, 5.41) is 19.8. The summed E-state index contributed by atoms with van der Waals surface area (Å²) in [6.07, 6.45) is 0.0776. The van der Waals surface area contributed by atoms with Crippen LogP contribution in [-0.2, 0) is 20.7 Å². The number of carbonyl (C=O) groups excluding carboxylic acids is 1. The van der Waals surface area contributed by atoms with Gasteiger partial charge in [-0.15, -0.1) is 0 Å². The molecule has 0 amide bonds. The van der Waals surface area contributed by atoms with E-state index < -0.39 is 34.4 Å². The average molecular weight is 324 g/mol. The summed E-state index contributed by atoms with van der Waals surface area (Å²) in [7, 11) is 0. The third kappa shape index (κ3) is 5.67. The Bertz CT molecular complexity index is 591. The van der Waals surface area contributed by atoms with Gasteiger partial charge in [0.15, 0.2) is 5.92 Å². The molecule has 0 fully saturated rings. The Hall–Kier alpha value is -2.48. The Kier molecular flexibility index (Phi) is 5.80. The van der Waals surface area contributed by atoms with Crippen molar-refractivity contribution in [1.82, 2.24) is 0 Å². The van der Waals surface area contributed by atoms with Crippen LogP contribution < -0.4 is 5.73 Å². The fourth-order valence-electron chi connectivity index (χ4n) is 1.97. The highest BCUT2D eigenvalue weighted by molar-refractivity contribution is 5.95. The maximum atomic E-state index is 12.0. The number of nitrogens with two attached hydrogens (primary N) is 1. The predicted octanol–water partition coefficient (Wildman–Crippen LogP) is 1.51. The first-order valence-electron chi connectivity index (χ1n) is 6.96. The highest BCUT2D eigenvalue weighted by atomic mass is 16.6. The van der Waals surface area contributed by atoms with Crippen LogP contribution in [0, 0.1) is 16.0 Å². The number of benzene rings is 1. The zero-order valence-corrected chi connectivity index (χ0v) is 13.2. The van der Waals surface area contributed by atoms with E-state index in [-0.39, 0.29) is 12.1 Å². The Labute approximate surface area is 133 Å². The molecule has 2 atom stereocenters. The summed E-state index contributed by atoms with van der Waals surface area (Å²) >= 11 is 0. The van der Waals surface area contributed by atoms with E-state index in [1.54, 1.807) is 20.8 Å². The van der Waals surface area contributed by atoms with Crippen LogP contribution in [0.3, 0.4) is 0 Å². The Balaban J connectivity index is 2.86. The topological polar surface area (TPSA) is 133 Å². The maximum Gasteiger partial charge on any atom is 0.322 e. The van der Waals surface area contributed by atoms with Gasteiger partial charge < -0.3 is 15.6 Å².